The molecule has 1 aliphatic carbocycles. The molecule has 0 radical (unpaired) electrons. The number of benzene rings is 2. The van der Waals surface area contributed by atoms with Gasteiger partial charge in [0.2, 0.25) is 0 Å². The number of methoxy groups -OCH3 is 1. The van der Waals surface area contributed by atoms with E-state index in [4.69, 9.17) is 9.16 Å². The van der Waals surface area contributed by atoms with E-state index in [1.807, 2.05) is 12.1 Å². The molecule has 0 heterocycles. The molecule has 1 N–H and O–H groups in total. The summed E-state index contributed by atoms with van der Waals surface area (Å²) in [4.78, 5) is 12.4. The van der Waals surface area contributed by atoms with E-state index in [1.165, 1.54) is 17.5 Å². The Morgan fingerprint density at radius 3 is 1.94 bits per heavy atom. The minimum Gasteiger partial charge on any atom is -0.469 e. The molecule has 2 aromatic rings. The molecule has 4 atom stereocenters. The van der Waals surface area contributed by atoms with Gasteiger partial charge in [-0.1, -0.05) is 88.4 Å². The summed E-state index contributed by atoms with van der Waals surface area (Å²) < 4.78 is 12.3. The molecular weight excluding hydrogens is 404 g/mol. The van der Waals surface area contributed by atoms with Crippen LogP contribution < -0.4 is 10.4 Å². The molecule has 0 saturated heterocycles. The maximum atomic E-state index is 12.4. The van der Waals surface area contributed by atoms with Crippen LogP contribution in [0.5, 0.6) is 0 Å². The Labute approximate surface area is 187 Å². The first-order chi connectivity index (χ1) is 14.7. The fourth-order valence-electron chi connectivity index (χ4n) is 5.21. The number of carbonyl (C=O) groups is 1. The van der Waals surface area contributed by atoms with E-state index in [-0.39, 0.29) is 28.9 Å². The van der Waals surface area contributed by atoms with Crippen molar-refractivity contribution in [3.63, 3.8) is 0 Å². The summed E-state index contributed by atoms with van der Waals surface area (Å²) in [5, 5.41) is 13.2. The van der Waals surface area contributed by atoms with Gasteiger partial charge >= 0.3 is 5.97 Å². The van der Waals surface area contributed by atoms with E-state index in [2.05, 4.69) is 76.2 Å². The van der Waals surface area contributed by atoms with Crippen molar-refractivity contribution >= 4 is 24.7 Å². The fraction of sp³-hybridized carbons (Fsp3) is 0.500. The average Bonchev–Trinajstić information content (AvgIpc) is 2.77. The number of aliphatic hydroxyl groups is 1. The molecule has 0 aromatic heterocycles. The van der Waals surface area contributed by atoms with E-state index in [9.17, 15) is 9.90 Å². The van der Waals surface area contributed by atoms with Crippen LogP contribution in [0.3, 0.4) is 0 Å². The van der Waals surface area contributed by atoms with Gasteiger partial charge in [0.1, 0.15) is 0 Å². The first-order valence-corrected chi connectivity index (χ1v) is 13.2. The SMILES string of the molecule is CC[C@@H]1[C@H](O)C[C@@H](C(=O)OC)C[C@H]1O[Si](c1ccccc1)(c1ccccc1)C(C)(C)C. The summed E-state index contributed by atoms with van der Waals surface area (Å²) in [6.07, 6.45) is 1.02. The van der Waals surface area contributed by atoms with E-state index in [0.717, 1.165) is 6.42 Å². The van der Waals surface area contributed by atoms with Gasteiger partial charge in [-0.2, -0.15) is 0 Å². The van der Waals surface area contributed by atoms with Crippen LogP contribution in [-0.2, 0) is 14.0 Å². The Morgan fingerprint density at radius 1 is 1.00 bits per heavy atom. The molecule has 1 fully saturated rings. The van der Waals surface area contributed by atoms with Gasteiger partial charge in [-0.3, -0.25) is 4.79 Å². The van der Waals surface area contributed by atoms with Crippen molar-refractivity contribution in [1.82, 2.24) is 0 Å². The Kier molecular flexibility index (Phi) is 7.40. The maximum Gasteiger partial charge on any atom is 0.308 e. The zero-order chi connectivity index (χ0) is 22.6. The van der Waals surface area contributed by atoms with E-state index in [0.29, 0.717) is 12.8 Å². The van der Waals surface area contributed by atoms with Crippen LogP contribution in [-0.4, -0.2) is 38.7 Å². The Hall–Kier alpha value is -1.95. The second-order valence-corrected chi connectivity index (χ2v) is 13.9. The lowest BCUT2D eigenvalue weighted by Crippen LogP contribution is -2.69. The van der Waals surface area contributed by atoms with Crippen molar-refractivity contribution in [1.29, 1.82) is 0 Å². The number of ether oxygens (including phenoxy) is 1. The van der Waals surface area contributed by atoms with Crippen LogP contribution in [0.2, 0.25) is 5.04 Å². The van der Waals surface area contributed by atoms with Crippen molar-refractivity contribution in [3.05, 3.63) is 60.7 Å². The quantitative estimate of drug-likeness (QED) is 0.547. The van der Waals surface area contributed by atoms with E-state index >= 15 is 0 Å². The number of hydrogen-bond acceptors (Lipinski definition) is 4. The molecule has 0 amide bonds. The third kappa shape index (κ3) is 4.64. The standard InChI is InChI=1S/C26H36O4Si/c1-6-22-23(27)17-19(25(28)29-5)18-24(22)30-31(26(2,3)4,20-13-9-7-10-14-20)21-15-11-8-12-16-21/h7-16,19,22-24,27H,6,17-18H2,1-5H3/t19-,22-,23-,24-/m1/s1. The van der Waals surface area contributed by atoms with E-state index < -0.39 is 14.4 Å². The minimum atomic E-state index is -2.76. The number of esters is 1. The Balaban J connectivity index is 2.14. The van der Waals surface area contributed by atoms with Crippen molar-refractivity contribution < 1.29 is 19.1 Å². The number of rotatable bonds is 6. The number of carbonyl (C=O) groups excluding carboxylic acids is 1. The summed E-state index contributed by atoms with van der Waals surface area (Å²) >= 11 is 0. The first kappa shape index (κ1) is 23.7. The van der Waals surface area contributed by atoms with Gasteiger partial charge < -0.3 is 14.3 Å². The fourth-order valence-corrected chi connectivity index (χ4v) is 9.95. The molecule has 1 aliphatic rings. The maximum absolute atomic E-state index is 12.4. The van der Waals surface area contributed by atoms with Gasteiger partial charge in [0.05, 0.1) is 25.2 Å². The number of hydrogen-bond donors (Lipinski definition) is 1. The molecule has 0 unspecified atom stereocenters. The third-order valence-electron chi connectivity index (χ3n) is 6.77. The highest BCUT2D eigenvalue weighted by Crippen LogP contribution is 2.42. The molecule has 31 heavy (non-hydrogen) atoms. The van der Waals surface area contributed by atoms with Gasteiger partial charge in [-0.25, -0.2) is 0 Å². The molecule has 4 nitrogen and oxygen atoms in total. The molecular formula is C26H36O4Si. The molecule has 0 bridgehead atoms. The van der Waals surface area contributed by atoms with Crippen molar-refractivity contribution in [2.45, 2.75) is 64.2 Å². The second-order valence-electron chi connectivity index (χ2n) is 9.65. The zero-order valence-corrected chi connectivity index (χ0v) is 20.4. The lowest BCUT2D eigenvalue weighted by molar-refractivity contribution is -0.152. The van der Waals surface area contributed by atoms with Gasteiger partial charge in [0.15, 0.2) is 0 Å². The highest BCUT2D eigenvalue weighted by molar-refractivity contribution is 6.99. The summed E-state index contributed by atoms with van der Waals surface area (Å²) in [6, 6.07) is 21.0. The summed E-state index contributed by atoms with van der Waals surface area (Å²) in [5.41, 5.74) is 0. The lowest BCUT2D eigenvalue weighted by Gasteiger charge is -2.49. The summed E-state index contributed by atoms with van der Waals surface area (Å²) in [6.45, 7) is 8.83. The molecule has 5 heteroatoms. The molecule has 3 rings (SSSR count). The van der Waals surface area contributed by atoms with Crippen LogP contribution in [0.4, 0.5) is 0 Å². The van der Waals surface area contributed by atoms with Gasteiger partial charge in [0, 0.05) is 5.92 Å². The van der Waals surface area contributed by atoms with Gasteiger partial charge in [-0.05, 0) is 34.7 Å². The normalized spacial score (nSPS) is 24.6. The van der Waals surface area contributed by atoms with Crippen LogP contribution in [0, 0.1) is 11.8 Å². The van der Waals surface area contributed by atoms with Crippen LogP contribution in [0.25, 0.3) is 0 Å². The smallest absolute Gasteiger partial charge is 0.308 e. The lowest BCUT2D eigenvalue weighted by atomic mass is 9.76. The van der Waals surface area contributed by atoms with Crippen molar-refractivity contribution in [2.75, 3.05) is 7.11 Å². The zero-order valence-electron chi connectivity index (χ0n) is 19.4. The molecule has 1 saturated carbocycles. The molecule has 0 aliphatic heterocycles. The van der Waals surface area contributed by atoms with Gasteiger partial charge in [-0.15, -0.1) is 0 Å². The second kappa shape index (κ2) is 9.68. The first-order valence-electron chi connectivity index (χ1n) is 11.3. The largest absolute Gasteiger partial charge is 0.469 e. The summed E-state index contributed by atoms with van der Waals surface area (Å²) in [5.74, 6) is -0.613. The van der Waals surface area contributed by atoms with Crippen LogP contribution in [0.1, 0.15) is 47.0 Å². The Bertz CT molecular complexity index is 807. The molecule has 0 spiro atoms. The van der Waals surface area contributed by atoms with Crippen LogP contribution >= 0.6 is 0 Å². The predicted octanol–water partition coefficient (Wildman–Crippen LogP) is 3.90. The predicted molar refractivity (Wildman–Crippen MR) is 127 cm³/mol. The Morgan fingerprint density at radius 2 is 1.52 bits per heavy atom. The molecule has 2 aromatic carbocycles. The van der Waals surface area contributed by atoms with Crippen LogP contribution in [0.15, 0.2) is 60.7 Å². The number of aliphatic hydroxyl groups excluding tert-OH is 1. The topological polar surface area (TPSA) is 55.8 Å². The van der Waals surface area contributed by atoms with Crippen molar-refractivity contribution in [2.24, 2.45) is 11.8 Å². The third-order valence-corrected chi connectivity index (χ3v) is 11.8. The summed E-state index contributed by atoms with van der Waals surface area (Å²) in [7, 11) is -1.35. The monoisotopic (exact) mass is 440 g/mol. The average molecular weight is 441 g/mol. The highest BCUT2D eigenvalue weighted by atomic mass is 28.4. The van der Waals surface area contributed by atoms with E-state index in [1.54, 1.807) is 0 Å². The highest BCUT2D eigenvalue weighted by Gasteiger charge is 2.53. The minimum absolute atomic E-state index is 0.0115. The molecule has 168 valence electrons. The van der Waals surface area contributed by atoms with Gasteiger partial charge in [0.25, 0.3) is 8.32 Å². The van der Waals surface area contributed by atoms with Crippen molar-refractivity contribution in [3.8, 4) is 0 Å².